The maximum absolute atomic E-state index is 9.20. The molecule has 6 nitrogen and oxygen atoms in total. The Morgan fingerprint density at radius 1 is 0.636 bits per heavy atom. The predicted molar refractivity (Wildman–Crippen MR) is 272 cm³/mol. The quantitative estimate of drug-likeness (QED) is 0.113. The first kappa shape index (κ1) is 35.0. The van der Waals surface area contributed by atoms with Crippen LogP contribution in [-0.2, 0) is 17.2 Å². The molecule has 0 atom stereocenters. The second-order valence-electron chi connectivity index (χ2n) is 20.0. The molecule has 0 aliphatic carbocycles. The van der Waals surface area contributed by atoms with Gasteiger partial charge in [0.2, 0.25) is 0 Å². The maximum atomic E-state index is 9.20. The van der Waals surface area contributed by atoms with E-state index in [9.17, 15) is 2.74 Å². The van der Waals surface area contributed by atoms with Crippen LogP contribution in [0.4, 0.5) is 0 Å². The molecule has 0 unspecified atom stereocenters. The third-order valence-electron chi connectivity index (χ3n) is 11.9. The van der Waals surface area contributed by atoms with Gasteiger partial charge in [0.25, 0.3) is 6.33 Å². The number of para-hydroxylation sites is 4. The first-order chi connectivity index (χ1) is 34.4. The number of aromatic nitrogens is 5. The number of hydrogen-bond acceptors (Lipinski definition) is 3. The molecule has 4 heterocycles. The first-order valence-electron chi connectivity index (χ1n) is 25.9. The molecule has 0 spiro atoms. The van der Waals surface area contributed by atoms with Crippen LogP contribution in [0.15, 0.2) is 170 Å². The highest BCUT2D eigenvalue weighted by molar-refractivity contribution is 6.07. The smallest absolute Gasteiger partial charge is 0.269 e. The summed E-state index contributed by atoms with van der Waals surface area (Å²) in [6.07, 6.45) is 5.39. The van der Waals surface area contributed by atoms with Crippen LogP contribution in [-0.4, -0.2) is 19.1 Å². The second-order valence-corrected chi connectivity index (χ2v) is 20.0. The topological polar surface area (TPSA) is 48.8 Å². The third-order valence-corrected chi connectivity index (χ3v) is 11.9. The number of fused-ring (bicyclic) bond motifs is 4. The van der Waals surface area contributed by atoms with Gasteiger partial charge in [0.15, 0.2) is 0 Å². The Morgan fingerprint density at radius 3 is 2.05 bits per heavy atom. The molecule has 4 aromatic heterocycles. The van der Waals surface area contributed by atoms with Crippen molar-refractivity contribution in [2.24, 2.45) is 5.41 Å². The van der Waals surface area contributed by atoms with Gasteiger partial charge >= 0.3 is 0 Å². The Hall–Kier alpha value is -7.31. The molecule has 0 saturated carbocycles. The summed E-state index contributed by atoms with van der Waals surface area (Å²) in [5, 5.41) is 0.924. The van der Waals surface area contributed by atoms with Gasteiger partial charge in [0.05, 0.1) is 52.0 Å². The van der Waals surface area contributed by atoms with Crippen LogP contribution in [0.25, 0.3) is 72.4 Å². The molecule has 0 radical (unpaired) electrons. The fourth-order valence-corrected chi connectivity index (χ4v) is 8.66. The van der Waals surface area contributed by atoms with Crippen LogP contribution in [0.2, 0.25) is 0 Å². The molecule has 0 fully saturated rings. The molecule has 10 rings (SSSR count). The zero-order valence-corrected chi connectivity index (χ0v) is 38.9. The molecule has 0 aliphatic heterocycles. The van der Waals surface area contributed by atoms with E-state index in [2.05, 4.69) is 66.1 Å². The van der Waals surface area contributed by atoms with Gasteiger partial charge in [-0.15, -0.1) is 0 Å². The van der Waals surface area contributed by atoms with Crippen molar-refractivity contribution in [3.8, 4) is 50.9 Å². The average molecular weight is 871 g/mol. The molecular formula is C60H57N5O. The van der Waals surface area contributed by atoms with Crippen LogP contribution >= 0.6 is 0 Å². The fraction of sp³-hybridized carbons (Fsp3) is 0.217. The summed E-state index contributed by atoms with van der Waals surface area (Å²) in [4.78, 5) is 9.68. The minimum atomic E-state index is -1.63. The third kappa shape index (κ3) is 8.17. The molecular weight excluding hydrogens is 807 g/mol. The van der Waals surface area contributed by atoms with E-state index < -0.39 is 29.9 Å². The van der Waals surface area contributed by atoms with Crippen LogP contribution in [0.3, 0.4) is 0 Å². The summed E-state index contributed by atoms with van der Waals surface area (Å²) in [7, 11) is 0. The number of imidazole rings is 1. The zero-order chi connectivity index (χ0) is 52.1. The normalized spacial score (nSPS) is 14.1. The molecule has 0 bridgehead atoms. The fourth-order valence-electron chi connectivity index (χ4n) is 8.66. The molecule has 0 saturated heterocycles. The van der Waals surface area contributed by atoms with Gasteiger partial charge in [-0.1, -0.05) is 177 Å². The molecule has 0 aliphatic rings. The highest BCUT2D eigenvalue weighted by Crippen LogP contribution is 2.40. The monoisotopic (exact) mass is 871 g/mol. The SMILES string of the molecule is [2H]c1c([2H])c([2H])c(-c2cccc(-c3cc(C(C)(C)C)cc(C(C)(C)C)c3)c2-[n+]2[c-]n(-c3cccc(Oc4cnc5c6ccccc6n(-c6cc(C([2H])([2H])C(C)(C)C)ccn6)c5c4)c3)c3ccccc32)c([2H])c1[2H]. The van der Waals surface area contributed by atoms with Crippen LogP contribution in [0.5, 0.6) is 11.5 Å². The van der Waals surface area contributed by atoms with E-state index in [1.54, 1.807) is 18.5 Å². The van der Waals surface area contributed by atoms with Crippen molar-refractivity contribution in [1.82, 2.24) is 19.1 Å². The Kier molecular flexibility index (Phi) is 8.64. The number of rotatable bonds is 8. The van der Waals surface area contributed by atoms with E-state index in [1.165, 1.54) is 0 Å². The lowest BCUT2D eigenvalue weighted by atomic mass is 9.78. The van der Waals surface area contributed by atoms with Crippen molar-refractivity contribution >= 4 is 33.0 Å². The van der Waals surface area contributed by atoms with E-state index in [4.69, 9.17) is 21.6 Å². The summed E-state index contributed by atoms with van der Waals surface area (Å²) in [6.45, 7) is 18.8. The van der Waals surface area contributed by atoms with Crippen molar-refractivity contribution < 1.29 is 18.9 Å². The second kappa shape index (κ2) is 16.3. The van der Waals surface area contributed by atoms with E-state index >= 15 is 0 Å². The molecule has 0 N–H and O–H groups in total. The lowest BCUT2D eigenvalue weighted by Crippen LogP contribution is -2.31. The average Bonchev–Trinajstić information content (AvgIpc) is 3.90. The van der Waals surface area contributed by atoms with Gasteiger partial charge < -0.3 is 4.74 Å². The first-order valence-corrected chi connectivity index (χ1v) is 22.4. The molecule has 10 aromatic rings. The van der Waals surface area contributed by atoms with Crippen LogP contribution in [0.1, 0.15) is 88.6 Å². The molecule has 0 amide bonds. The highest BCUT2D eigenvalue weighted by atomic mass is 16.5. The lowest BCUT2D eigenvalue weighted by Gasteiger charge is -2.27. The van der Waals surface area contributed by atoms with Crippen molar-refractivity contribution in [3.63, 3.8) is 0 Å². The molecule has 6 heteroatoms. The van der Waals surface area contributed by atoms with E-state index in [-0.39, 0.29) is 28.5 Å². The lowest BCUT2D eigenvalue weighted by molar-refractivity contribution is -0.571. The summed E-state index contributed by atoms with van der Waals surface area (Å²) >= 11 is 0. The zero-order valence-electron chi connectivity index (χ0n) is 45.9. The highest BCUT2D eigenvalue weighted by Gasteiger charge is 2.25. The molecule has 66 heavy (non-hydrogen) atoms. The van der Waals surface area contributed by atoms with Gasteiger partial charge in [-0.3, -0.25) is 18.7 Å². The number of pyridine rings is 2. The Balaban J connectivity index is 1.14. The number of nitrogens with zero attached hydrogens (tertiary/aromatic N) is 5. The van der Waals surface area contributed by atoms with Crippen molar-refractivity contribution in [2.75, 3.05) is 0 Å². The van der Waals surface area contributed by atoms with E-state index in [1.807, 2.05) is 138 Å². The van der Waals surface area contributed by atoms with Gasteiger partial charge in [-0.05, 0) is 98.0 Å². The number of hydrogen-bond donors (Lipinski definition) is 0. The van der Waals surface area contributed by atoms with Crippen molar-refractivity contribution in [3.05, 3.63) is 193 Å². The Labute approximate surface area is 398 Å². The van der Waals surface area contributed by atoms with E-state index in [0.717, 1.165) is 60.9 Å². The maximum Gasteiger partial charge on any atom is 0.269 e. The van der Waals surface area contributed by atoms with Crippen molar-refractivity contribution in [1.29, 1.82) is 0 Å². The van der Waals surface area contributed by atoms with Crippen molar-refractivity contribution in [2.45, 2.75) is 79.5 Å². The molecule has 6 aromatic carbocycles. The summed E-state index contributed by atoms with van der Waals surface area (Å²) in [5.74, 6) is 1.58. The largest absolute Gasteiger partial charge is 0.456 e. The summed E-state index contributed by atoms with van der Waals surface area (Å²) in [5.41, 5.74) is 9.34. The Morgan fingerprint density at radius 2 is 1.32 bits per heavy atom. The van der Waals surface area contributed by atoms with Crippen LogP contribution < -0.4 is 9.30 Å². The Bertz CT molecular complexity index is 3770. The molecule has 328 valence electrons. The standard InChI is InChI=1S/C60H57N5O/c1-58(2,3)37-40-29-30-61-55(31-40)65-51-26-14-13-23-50(51)56-54(65)36-47(38-62-56)66-46-22-17-21-45(35-46)63-39-64(53-28-16-15-27-52(53)63)57-48(41-19-11-10-12-20-41)24-18-25-49(57)42-32-43(59(4,5)6)34-44(33-42)60(7,8)9/h10-36,38H,37H2,1-9H3/i10D,11D,12D,19D,20D,37D2. The van der Waals surface area contributed by atoms with Gasteiger partial charge in [0, 0.05) is 20.4 Å². The van der Waals surface area contributed by atoms with Crippen LogP contribution in [0, 0.1) is 11.7 Å². The van der Waals surface area contributed by atoms with E-state index in [0.29, 0.717) is 34.1 Å². The minimum absolute atomic E-state index is 0.0953. The summed E-state index contributed by atoms with van der Waals surface area (Å²) < 4.78 is 74.9. The van der Waals surface area contributed by atoms with Gasteiger partial charge in [-0.2, -0.15) is 0 Å². The number of ether oxygens (including phenoxy) is 1. The van der Waals surface area contributed by atoms with Gasteiger partial charge in [-0.25, -0.2) is 4.98 Å². The minimum Gasteiger partial charge on any atom is -0.456 e. The number of benzene rings is 6. The van der Waals surface area contributed by atoms with Gasteiger partial charge in [0.1, 0.15) is 17.3 Å². The predicted octanol–water partition coefficient (Wildman–Crippen LogP) is 14.9. The summed E-state index contributed by atoms with van der Waals surface area (Å²) in [6, 6.07) is 39.6.